The number of ether oxygens (including phenoxy) is 8. The monoisotopic (exact) mass is 1130 g/mol. The van der Waals surface area contributed by atoms with Gasteiger partial charge in [-0.05, 0) is 111 Å². The molecule has 4 aliphatic heterocycles. The summed E-state index contributed by atoms with van der Waals surface area (Å²) < 4.78 is 46.6. The maximum atomic E-state index is 15.5. The Labute approximate surface area is 457 Å². The molecular weight excluding hydrogens is 1050 g/mol. The highest BCUT2D eigenvalue weighted by molar-refractivity contribution is 5.79. The second kappa shape index (κ2) is 22.4. The molecule has 15 N–H and O–H groups in total. The zero-order valence-corrected chi connectivity index (χ0v) is 45.6. The number of rotatable bonds is 13. The number of aliphatic hydroxyl groups is 14. The molecule has 0 aromatic heterocycles. The second-order valence-corrected chi connectivity index (χ2v) is 26.1. The van der Waals surface area contributed by atoms with Gasteiger partial charge < -0.3 is 114 Å². The third-order valence-electron chi connectivity index (χ3n) is 21.5. The predicted molar refractivity (Wildman–Crippen MR) is 265 cm³/mol. The first-order chi connectivity index (χ1) is 37.0. The molecule has 0 spiro atoms. The zero-order chi connectivity index (χ0) is 57.9. The van der Waals surface area contributed by atoms with E-state index in [0.29, 0.717) is 64.2 Å². The molecular formula is C54H86O25. The lowest BCUT2D eigenvalue weighted by Crippen LogP contribution is -2.67. The lowest BCUT2D eigenvalue weighted by Gasteiger charge is -2.71. The first-order valence-corrected chi connectivity index (χ1v) is 28.0. The number of hydrogen-bond acceptors (Lipinski definition) is 24. The van der Waals surface area contributed by atoms with Crippen molar-refractivity contribution in [2.45, 2.75) is 235 Å². The van der Waals surface area contributed by atoms with Crippen molar-refractivity contribution in [1.82, 2.24) is 0 Å². The summed E-state index contributed by atoms with van der Waals surface area (Å²) in [5.41, 5.74) is -2.77. The highest BCUT2D eigenvalue weighted by Gasteiger charge is 2.71. The largest absolute Gasteiger partial charge is 0.481 e. The topological polar surface area (TPSA) is 411 Å². The van der Waals surface area contributed by atoms with Crippen LogP contribution in [0.3, 0.4) is 0 Å². The quantitative estimate of drug-likeness (QED) is 0.0647. The minimum atomic E-state index is -2.06. The fourth-order valence-corrected chi connectivity index (χ4v) is 16.2. The molecule has 29 atom stereocenters. The van der Waals surface area contributed by atoms with E-state index in [1.54, 1.807) is 6.92 Å². The molecule has 0 aromatic carbocycles. The SMILES string of the molecule is CC1(C)CC[C@]2(C(=O)O[C@@H]3O[C@H](CO[C@@H]4O[C@H](CO[C@@H]5O[C@H](CO)[C@@H](O)[C@H](O)[C@H]5O)[C@@H](O)[C@H](O)[C@H]4O)[C@@H](O)[C@H](O[C@@H]4O[C@H](CO)[C@@H](O)[C@H](O)[C@H]4O)[C@H]3O)CC[C@]3(C)C(=CC[C@@H]4[C@@]5(C)CC[C@H](O)[C@@](C)(C(=O)O)[C@@H]5CC[C@]43C)[C@@H]2C1. The molecule has 9 aliphatic rings. The Morgan fingerprint density at radius 3 is 1.63 bits per heavy atom. The van der Waals surface area contributed by atoms with Crippen molar-refractivity contribution < 1.29 is 124 Å². The summed E-state index contributed by atoms with van der Waals surface area (Å²) in [5, 5.41) is 161. The normalized spacial score (nSPS) is 53.5. The van der Waals surface area contributed by atoms with Crippen molar-refractivity contribution in [2.75, 3.05) is 26.4 Å². The van der Waals surface area contributed by atoms with Crippen LogP contribution in [0.2, 0.25) is 0 Å². The number of aliphatic carboxylic acids is 1. The molecule has 4 saturated heterocycles. The first kappa shape index (κ1) is 61.4. The maximum Gasteiger partial charge on any atom is 0.315 e. The van der Waals surface area contributed by atoms with Crippen molar-refractivity contribution in [3.05, 3.63) is 11.6 Å². The third kappa shape index (κ3) is 10.1. The van der Waals surface area contributed by atoms with Gasteiger partial charge in [0.05, 0.1) is 43.4 Å². The van der Waals surface area contributed by atoms with E-state index in [9.17, 15) is 81.4 Å². The van der Waals surface area contributed by atoms with E-state index >= 15 is 4.79 Å². The fraction of sp³-hybridized carbons (Fsp3) is 0.926. The minimum Gasteiger partial charge on any atom is -0.481 e. The van der Waals surface area contributed by atoms with Crippen LogP contribution in [0.1, 0.15) is 106 Å². The molecule has 0 bridgehead atoms. The van der Waals surface area contributed by atoms with Crippen LogP contribution in [0.4, 0.5) is 0 Å². The number of hydrogen-bond donors (Lipinski definition) is 15. The standard InChI is InChI=1S/C54H86O25/c1-49(2)13-15-54(16-14-51(4)22(23(54)17-49)7-8-28-50(3)11-10-30(57)53(6,47(69)70)29(50)9-12-52(28,51)5)48(71)79-46-41(68)42(78-45-40(67)36(63)32(59)25(19-56)75-45)34(61)27(77-46)21-73-44-39(66)37(64)33(60)26(76-44)20-72-43-38(65)35(62)31(58)24(18-55)74-43/h7,23-46,55-68H,8-21H2,1-6H3,(H,69,70)/t23-,24+,25+,26+,27+,28+,29+,30-,31+,32+,33+,34+,35-,36-,37-,38+,39+,40+,41+,42-,43+,44+,45-,46-,50+,51+,52+,53-,54-/m0/s1. The number of carboxylic acid groups (broad SMARTS) is 1. The number of fused-ring (bicyclic) bond motifs is 7. The van der Waals surface area contributed by atoms with Crippen molar-refractivity contribution in [2.24, 2.45) is 50.2 Å². The van der Waals surface area contributed by atoms with Crippen LogP contribution in [0.15, 0.2) is 11.6 Å². The molecule has 8 fully saturated rings. The van der Waals surface area contributed by atoms with Crippen LogP contribution in [0, 0.1) is 50.2 Å². The fourth-order valence-electron chi connectivity index (χ4n) is 16.2. The second-order valence-electron chi connectivity index (χ2n) is 26.1. The van der Waals surface area contributed by atoms with Crippen LogP contribution in [-0.2, 0) is 47.5 Å². The van der Waals surface area contributed by atoms with Gasteiger partial charge in [0, 0.05) is 0 Å². The molecule has 452 valence electrons. The van der Waals surface area contributed by atoms with E-state index in [-0.39, 0.29) is 28.6 Å². The van der Waals surface area contributed by atoms with Crippen LogP contribution in [0.25, 0.3) is 0 Å². The average Bonchev–Trinajstić information content (AvgIpc) is 3.51. The van der Waals surface area contributed by atoms with Gasteiger partial charge in [-0.2, -0.15) is 0 Å². The van der Waals surface area contributed by atoms with Crippen LogP contribution in [-0.4, -0.2) is 244 Å². The Kier molecular flexibility index (Phi) is 17.4. The highest BCUT2D eigenvalue weighted by Crippen LogP contribution is 2.76. The van der Waals surface area contributed by atoms with Crippen molar-refractivity contribution in [1.29, 1.82) is 0 Å². The van der Waals surface area contributed by atoms with Gasteiger partial charge in [0.2, 0.25) is 6.29 Å². The Hall–Kier alpha value is -2.16. The van der Waals surface area contributed by atoms with Crippen molar-refractivity contribution >= 4 is 11.9 Å². The van der Waals surface area contributed by atoms with E-state index in [1.165, 1.54) is 0 Å². The molecule has 4 heterocycles. The Morgan fingerprint density at radius 2 is 1.06 bits per heavy atom. The van der Waals surface area contributed by atoms with Crippen molar-refractivity contribution in [3.8, 4) is 0 Å². The van der Waals surface area contributed by atoms with E-state index in [4.69, 9.17) is 37.9 Å². The van der Waals surface area contributed by atoms with E-state index in [0.717, 1.165) is 5.57 Å². The molecule has 4 saturated carbocycles. The summed E-state index contributed by atoms with van der Waals surface area (Å²) in [4.78, 5) is 28.4. The number of carbonyl (C=O) groups is 2. The number of carboxylic acids is 1. The summed E-state index contributed by atoms with van der Waals surface area (Å²) >= 11 is 0. The molecule has 25 nitrogen and oxygen atoms in total. The van der Waals surface area contributed by atoms with Gasteiger partial charge in [0.15, 0.2) is 18.9 Å². The Balaban J connectivity index is 0.976. The molecule has 0 unspecified atom stereocenters. The molecule has 0 aromatic rings. The summed E-state index contributed by atoms with van der Waals surface area (Å²) in [6.45, 7) is 9.67. The Bertz CT molecular complexity index is 2220. The average molecular weight is 1140 g/mol. The molecule has 9 rings (SSSR count). The van der Waals surface area contributed by atoms with Gasteiger partial charge >= 0.3 is 11.9 Å². The third-order valence-corrected chi connectivity index (χ3v) is 21.5. The van der Waals surface area contributed by atoms with Gasteiger partial charge in [0.1, 0.15) is 97.7 Å². The van der Waals surface area contributed by atoms with E-state index < -0.39 is 189 Å². The van der Waals surface area contributed by atoms with Gasteiger partial charge in [-0.1, -0.05) is 46.3 Å². The van der Waals surface area contributed by atoms with Crippen LogP contribution < -0.4 is 0 Å². The summed E-state index contributed by atoms with van der Waals surface area (Å²) in [6, 6.07) is 0. The molecule has 0 amide bonds. The van der Waals surface area contributed by atoms with Crippen LogP contribution in [0.5, 0.6) is 0 Å². The Morgan fingerprint density at radius 1 is 0.557 bits per heavy atom. The minimum absolute atomic E-state index is 0.0657. The molecule has 79 heavy (non-hydrogen) atoms. The van der Waals surface area contributed by atoms with Gasteiger partial charge in [-0.3, -0.25) is 9.59 Å². The zero-order valence-electron chi connectivity index (χ0n) is 45.6. The first-order valence-electron chi connectivity index (χ1n) is 28.0. The summed E-state index contributed by atoms with van der Waals surface area (Å²) in [5.74, 6) is -2.27. The number of esters is 1. The lowest BCUT2D eigenvalue weighted by molar-refractivity contribution is -0.364. The molecule has 5 aliphatic carbocycles. The smallest absolute Gasteiger partial charge is 0.315 e. The van der Waals surface area contributed by atoms with Gasteiger partial charge in [-0.25, -0.2) is 0 Å². The lowest BCUT2D eigenvalue weighted by atomic mass is 9.33. The van der Waals surface area contributed by atoms with E-state index in [1.807, 2.05) is 0 Å². The number of allylic oxidation sites excluding steroid dienone is 2. The highest BCUT2D eigenvalue weighted by atomic mass is 16.8. The maximum absolute atomic E-state index is 15.5. The van der Waals surface area contributed by atoms with Crippen molar-refractivity contribution in [3.63, 3.8) is 0 Å². The molecule has 25 heteroatoms. The van der Waals surface area contributed by atoms with Gasteiger partial charge in [0.25, 0.3) is 0 Å². The number of carbonyl (C=O) groups excluding carboxylic acids is 1. The van der Waals surface area contributed by atoms with Gasteiger partial charge in [-0.15, -0.1) is 0 Å². The van der Waals surface area contributed by atoms with E-state index in [2.05, 4.69) is 40.7 Å². The number of aliphatic hydroxyl groups excluding tert-OH is 14. The van der Waals surface area contributed by atoms with Crippen LogP contribution >= 0.6 is 0 Å². The summed E-state index contributed by atoms with van der Waals surface area (Å²) in [7, 11) is 0. The summed E-state index contributed by atoms with van der Waals surface area (Å²) in [6.07, 6.45) is -29.4. The predicted octanol–water partition coefficient (Wildman–Crippen LogP) is -2.97. The molecule has 0 radical (unpaired) electrons.